The molecule has 0 spiro atoms. The molecule has 1 aromatic heterocycles. The second-order valence-corrected chi connectivity index (χ2v) is 9.66. The van der Waals surface area contributed by atoms with Crippen molar-refractivity contribution in [2.24, 2.45) is 5.92 Å². The third-order valence-electron chi connectivity index (χ3n) is 6.59. The molecular formula is C32H38N2O2. The van der Waals surface area contributed by atoms with Gasteiger partial charge in [-0.3, -0.25) is 0 Å². The van der Waals surface area contributed by atoms with Crippen molar-refractivity contribution in [3.8, 4) is 23.0 Å². The highest BCUT2D eigenvalue weighted by Gasteiger charge is 2.07. The Balaban J connectivity index is 1.29. The molecule has 0 bridgehead atoms. The summed E-state index contributed by atoms with van der Waals surface area (Å²) < 4.78 is 11.9. The summed E-state index contributed by atoms with van der Waals surface area (Å²) in [5.74, 6) is 3.02. The molecule has 0 aliphatic heterocycles. The summed E-state index contributed by atoms with van der Waals surface area (Å²) in [6.45, 7) is 5.90. The van der Waals surface area contributed by atoms with Crippen LogP contribution in [0.5, 0.6) is 11.6 Å². The number of rotatable bonds is 14. The standard InChI is InChI=1S/C32H38N2O2/c1-3-4-11-25(2)12-7-6-10-21-35-31-19-20-33-32(34-31)29-16-15-28-23-30(18-17-27(28)22-29)36-24-26-13-8-5-9-14-26/h5,8-9,13-20,22-23,25H,3-4,6-7,10-12,21,24H2,1-2H3. The first-order valence-corrected chi connectivity index (χ1v) is 13.4. The van der Waals surface area contributed by atoms with E-state index in [9.17, 15) is 0 Å². The first-order valence-electron chi connectivity index (χ1n) is 13.4. The molecule has 0 N–H and O–H groups in total. The van der Waals surface area contributed by atoms with Gasteiger partial charge in [0.25, 0.3) is 0 Å². The van der Waals surface area contributed by atoms with E-state index < -0.39 is 0 Å². The molecule has 4 aromatic rings. The lowest BCUT2D eigenvalue weighted by atomic mass is 9.98. The molecule has 0 amide bonds. The minimum absolute atomic E-state index is 0.559. The summed E-state index contributed by atoms with van der Waals surface area (Å²) in [6, 6.07) is 24.5. The van der Waals surface area contributed by atoms with Crippen LogP contribution in [-0.4, -0.2) is 16.6 Å². The zero-order chi connectivity index (χ0) is 25.0. The number of unbranched alkanes of at least 4 members (excludes halogenated alkanes) is 3. The summed E-state index contributed by atoms with van der Waals surface area (Å²) in [6.07, 6.45) is 10.6. The highest BCUT2D eigenvalue weighted by molar-refractivity contribution is 5.87. The van der Waals surface area contributed by atoms with Gasteiger partial charge in [-0.05, 0) is 46.9 Å². The van der Waals surface area contributed by atoms with Crippen LogP contribution < -0.4 is 9.47 Å². The van der Waals surface area contributed by atoms with E-state index in [0.717, 1.165) is 40.0 Å². The Kier molecular flexibility index (Phi) is 9.72. The Labute approximate surface area is 215 Å². The molecule has 0 aliphatic carbocycles. The van der Waals surface area contributed by atoms with Gasteiger partial charge in [0, 0.05) is 17.8 Å². The maximum absolute atomic E-state index is 5.98. The maximum Gasteiger partial charge on any atom is 0.216 e. The first kappa shape index (κ1) is 25.7. The number of benzene rings is 3. The Hall–Kier alpha value is -3.40. The largest absolute Gasteiger partial charge is 0.489 e. The third kappa shape index (κ3) is 7.81. The fraction of sp³-hybridized carbons (Fsp3) is 0.375. The van der Waals surface area contributed by atoms with E-state index >= 15 is 0 Å². The molecule has 1 heterocycles. The minimum atomic E-state index is 0.559. The third-order valence-corrected chi connectivity index (χ3v) is 6.59. The molecule has 4 nitrogen and oxygen atoms in total. The van der Waals surface area contributed by atoms with Gasteiger partial charge in [0.15, 0.2) is 5.82 Å². The SMILES string of the molecule is CCCCC(C)CCCCCOc1ccnc(-c2ccc3cc(OCc4ccccc4)ccc3c2)n1. The van der Waals surface area contributed by atoms with Gasteiger partial charge in [-0.25, -0.2) is 4.98 Å². The second kappa shape index (κ2) is 13.6. The Morgan fingerprint density at radius 1 is 0.778 bits per heavy atom. The van der Waals surface area contributed by atoms with Crippen molar-refractivity contribution < 1.29 is 9.47 Å². The van der Waals surface area contributed by atoms with Crippen molar-refractivity contribution >= 4 is 10.8 Å². The van der Waals surface area contributed by atoms with Crippen LogP contribution in [0.25, 0.3) is 22.2 Å². The lowest BCUT2D eigenvalue weighted by Gasteiger charge is -2.11. The van der Waals surface area contributed by atoms with Crippen LogP contribution in [-0.2, 0) is 6.61 Å². The smallest absolute Gasteiger partial charge is 0.216 e. The van der Waals surface area contributed by atoms with Crippen molar-refractivity contribution in [3.63, 3.8) is 0 Å². The monoisotopic (exact) mass is 482 g/mol. The van der Waals surface area contributed by atoms with Gasteiger partial charge < -0.3 is 9.47 Å². The molecule has 0 saturated heterocycles. The summed E-state index contributed by atoms with van der Waals surface area (Å²) in [4.78, 5) is 9.13. The summed E-state index contributed by atoms with van der Waals surface area (Å²) in [7, 11) is 0. The predicted octanol–water partition coefficient (Wildman–Crippen LogP) is 8.64. The van der Waals surface area contributed by atoms with Crippen molar-refractivity contribution in [3.05, 3.63) is 84.6 Å². The van der Waals surface area contributed by atoms with Crippen LogP contribution in [0, 0.1) is 5.92 Å². The number of ether oxygens (including phenoxy) is 2. The van der Waals surface area contributed by atoms with E-state index in [2.05, 4.69) is 66.3 Å². The topological polar surface area (TPSA) is 44.2 Å². The van der Waals surface area contributed by atoms with Gasteiger partial charge in [-0.15, -0.1) is 0 Å². The van der Waals surface area contributed by atoms with Gasteiger partial charge in [0.2, 0.25) is 5.88 Å². The molecule has 0 fully saturated rings. The zero-order valence-electron chi connectivity index (χ0n) is 21.7. The van der Waals surface area contributed by atoms with Crippen molar-refractivity contribution in [2.75, 3.05) is 6.61 Å². The Morgan fingerprint density at radius 2 is 1.58 bits per heavy atom. The highest BCUT2D eigenvalue weighted by atomic mass is 16.5. The quantitative estimate of drug-likeness (QED) is 0.169. The molecule has 1 atom stereocenters. The van der Waals surface area contributed by atoms with Crippen LogP contribution in [0.4, 0.5) is 0 Å². The fourth-order valence-corrected chi connectivity index (χ4v) is 4.40. The second-order valence-electron chi connectivity index (χ2n) is 9.66. The van der Waals surface area contributed by atoms with Crippen molar-refractivity contribution in [2.45, 2.75) is 65.4 Å². The average molecular weight is 483 g/mol. The van der Waals surface area contributed by atoms with Crippen LogP contribution in [0.1, 0.15) is 64.4 Å². The normalized spacial score (nSPS) is 11.9. The van der Waals surface area contributed by atoms with Crippen LogP contribution in [0.3, 0.4) is 0 Å². The molecule has 0 radical (unpaired) electrons. The Morgan fingerprint density at radius 3 is 2.44 bits per heavy atom. The van der Waals surface area contributed by atoms with Gasteiger partial charge in [-0.2, -0.15) is 4.98 Å². The highest BCUT2D eigenvalue weighted by Crippen LogP contribution is 2.27. The maximum atomic E-state index is 5.98. The van der Waals surface area contributed by atoms with Crippen LogP contribution in [0.15, 0.2) is 79.0 Å². The van der Waals surface area contributed by atoms with Crippen LogP contribution in [0.2, 0.25) is 0 Å². The minimum Gasteiger partial charge on any atom is -0.489 e. The van der Waals surface area contributed by atoms with Gasteiger partial charge in [0.05, 0.1) is 6.61 Å². The van der Waals surface area contributed by atoms with Crippen molar-refractivity contribution in [1.29, 1.82) is 0 Å². The molecule has 36 heavy (non-hydrogen) atoms. The molecule has 3 aromatic carbocycles. The van der Waals surface area contributed by atoms with Gasteiger partial charge in [-0.1, -0.05) is 101 Å². The van der Waals surface area contributed by atoms with Crippen molar-refractivity contribution in [1.82, 2.24) is 9.97 Å². The van der Waals surface area contributed by atoms with E-state index in [4.69, 9.17) is 9.47 Å². The zero-order valence-corrected chi connectivity index (χ0v) is 21.7. The molecule has 188 valence electrons. The van der Waals surface area contributed by atoms with E-state index in [0.29, 0.717) is 24.9 Å². The van der Waals surface area contributed by atoms with E-state index in [1.807, 2.05) is 30.3 Å². The molecule has 4 rings (SSSR count). The average Bonchev–Trinajstić information content (AvgIpc) is 2.93. The van der Waals surface area contributed by atoms with E-state index in [1.54, 1.807) is 6.20 Å². The molecule has 0 aliphatic rings. The Bertz CT molecular complexity index is 1210. The number of hydrogen-bond donors (Lipinski definition) is 0. The lowest BCUT2D eigenvalue weighted by molar-refractivity contribution is 0.291. The number of aromatic nitrogens is 2. The summed E-state index contributed by atoms with van der Waals surface area (Å²) >= 11 is 0. The summed E-state index contributed by atoms with van der Waals surface area (Å²) in [5.41, 5.74) is 2.14. The lowest BCUT2D eigenvalue weighted by Crippen LogP contribution is -2.01. The number of fused-ring (bicyclic) bond motifs is 1. The molecular weight excluding hydrogens is 444 g/mol. The molecule has 0 saturated carbocycles. The number of nitrogens with zero attached hydrogens (tertiary/aromatic N) is 2. The van der Waals surface area contributed by atoms with E-state index in [1.165, 1.54) is 38.5 Å². The molecule has 4 heteroatoms. The van der Waals surface area contributed by atoms with E-state index in [-0.39, 0.29) is 0 Å². The number of hydrogen-bond acceptors (Lipinski definition) is 4. The molecule has 1 unspecified atom stereocenters. The fourth-order valence-electron chi connectivity index (χ4n) is 4.40. The summed E-state index contributed by atoms with van der Waals surface area (Å²) in [5, 5.41) is 2.25. The van der Waals surface area contributed by atoms with Gasteiger partial charge >= 0.3 is 0 Å². The predicted molar refractivity (Wildman–Crippen MR) is 148 cm³/mol. The van der Waals surface area contributed by atoms with Gasteiger partial charge in [0.1, 0.15) is 12.4 Å². The first-order chi connectivity index (χ1) is 17.7. The van der Waals surface area contributed by atoms with Crippen LogP contribution >= 0.6 is 0 Å².